The zero-order valence-corrected chi connectivity index (χ0v) is 22.5. The van der Waals surface area contributed by atoms with Gasteiger partial charge in [0.05, 0.1) is 35.0 Å². The van der Waals surface area contributed by atoms with Crippen LogP contribution in [0.4, 0.5) is 13.9 Å². The summed E-state index contributed by atoms with van der Waals surface area (Å²) in [5, 5.41) is 4.81. The largest absolute Gasteiger partial charge is 0.350 e. The van der Waals surface area contributed by atoms with Crippen LogP contribution in [0.3, 0.4) is 0 Å². The van der Waals surface area contributed by atoms with Crippen molar-refractivity contribution in [1.82, 2.24) is 4.98 Å². The molecule has 2 heterocycles. The highest BCUT2D eigenvalue weighted by Crippen LogP contribution is 2.39. The number of thiazole rings is 1. The summed E-state index contributed by atoms with van der Waals surface area (Å²) in [5.74, 6) is -2.01. The van der Waals surface area contributed by atoms with Crippen LogP contribution in [0.15, 0.2) is 34.5 Å². The molecule has 5 rings (SSSR count). The third kappa shape index (κ3) is 6.05. The Morgan fingerprint density at radius 1 is 1.14 bits per heavy atom. The Labute approximate surface area is 219 Å². The Balaban J connectivity index is 1.32. The van der Waals surface area contributed by atoms with E-state index < -0.39 is 33.9 Å². The monoisotopic (exact) mass is 554 g/mol. The topological polar surface area (TPSA) is 94.6 Å². The van der Waals surface area contributed by atoms with Gasteiger partial charge < -0.3 is 14.8 Å². The van der Waals surface area contributed by atoms with Crippen LogP contribution in [0, 0.1) is 5.92 Å². The smallest absolute Gasteiger partial charge is 0.233 e. The normalized spacial score (nSPS) is 27.2. The van der Waals surface area contributed by atoms with E-state index >= 15 is 0 Å². The number of hydrogen-bond donors (Lipinski definition) is 1. The van der Waals surface area contributed by atoms with E-state index in [4.69, 9.17) is 9.47 Å². The number of ether oxygens (including phenoxy) is 2. The van der Waals surface area contributed by atoms with Crippen LogP contribution in [0.5, 0.6) is 0 Å². The molecule has 3 atom stereocenters. The van der Waals surface area contributed by atoms with E-state index in [-0.39, 0.29) is 47.2 Å². The SMILES string of the molecule is CC1(C)OCC(c2csc(NC(=O)[C@H](CC3CC(F)C(F)C3)c3ccc(S(=O)(=O)C4CC4)cc3)n2)CO1. The number of halogens is 2. The molecule has 3 aliphatic rings. The second kappa shape index (κ2) is 10.3. The Bertz CT molecular complexity index is 1210. The second-order valence-corrected chi connectivity index (χ2v) is 13.8. The second-order valence-electron chi connectivity index (χ2n) is 10.8. The van der Waals surface area contributed by atoms with Crippen LogP contribution < -0.4 is 5.32 Å². The van der Waals surface area contributed by atoms with Gasteiger partial charge in [0.2, 0.25) is 5.91 Å². The average molecular weight is 555 g/mol. The van der Waals surface area contributed by atoms with Crippen molar-refractivity contribution in [1.29, 1.82) is 0 Å². The number of benzene rings is 1. The molecule has 1 aromatic carbocycles. The lowest BCUT2D eigenvalue weighted by molar-refractivity contribution is -0.251. The van der Waals surface area contributed by atoms with E-state index in [9.17, 15) is 22.0 Å². The van der Waals surface area contributed by atoms with Crippen molar-refractivity contribution in [3.8, 4) is 0 Å². The molecule has 1 aromatic heterocycles. The van der Waals surface area contributed by atoms with Crippen LogP contribution in [-0.2, 0) is 24.1 Å². The summed E-state index contributed by atoms with van der Waals surface area (Å²) in [4.78, 5) is 18.2. The first-order chi connectivity index (χ1) is 17.5. The fourth-order valence-corrected chi connectivity index (χ4v) is 7.45. The number of carbonyl (C=O) groups excluding carboxylic acids is 1. The van der Waals surface area contributed by atoms with Gasteiger partial charge in [-0.1, -0.05) is 12.1 Å². The molecule has 3 fully saturated rings. The number of anilines is 1. The zero-order chi connectivity index (χ0) is 26.4. The van der Waals surface area contributed by atoms with Gasteiger partial charge in [-0.3, -0.25) is 4.79 Å². The fraction of sp³-hybridized carbons (Fsp3) is 0.615. The first kappa shape index (κ1) is 26.6. The molecule has 37 heavy (non-hydrogen) atoms. The minimum Gasteiger partial charge on any atom is -0.350 e. The van der Waals surface area contributed by atoms with Crippen LogP contribution >= 0.6 is 11.3 Å². The van der Waals surface area contributed by atoms with Crippen molar-refractivity contribution in [2.24, 2.45) is 5.92 Å². The Kier molecular flexibility index (Phi) is 7.43. The van der Waals surface area contributed by atoms with Gasteiger partial charge in [-0.2, -0.15) is 0 Å². The van der Waals surface area contributed by atoms with E-state index in [0.717, 1.165) is 5.69 Å². The highest BCUT2D eigenvalue weighted by molar-refractivity contribution is 7.92. The first-order valence-electron chi connectivity index (χ1n) is 12.7. The van der Waals surface area contributed by atoms with Gasteiger partial charge in [0.15, 0.2) is 20.8 Å². The molecule has 0 spiro atoms. The van der Waals surface area contributed by atoms with Gasteiger partial charge in [-0.25, -0.2) is 22.2 Å². The summed E-state index contributed by atoms with van der Waals surface area (Å²) >= 11 is 1.29. The molecule has 2 saturated carbocycles. The molecule has 2 aliphatic carbocycles. The number of hydrogen-bond acceptors (Lipinski definition) is 7. The van der Waals surface area contributed by atoms with Gasteiger partial charge >= 0.3 is 0 Å². The van der Waals surface area contributed by atoms with Crippen molar-refractivity contribution < 1.29 is 31.5 Å². The first-order valence-corrected chi connectivity index (χ1v) is 15.1. The van der Waals surface area contributed by atoms with Crippen molar-refractivity contribution in [2.45, 2.75) is 86.1 Å². The maximum absolute atomic E-state index is 13.9. The van der Waals surface area contributed by atoms with Crippen LogP contribution in [0.1, 0.15) is 69.0 Å². The molecule has 1 aliphatic heterocycles. The summed E-state index contributed by atoms with van der Waals surface area (Å²) in [7, 11) is -3.36. The summed E-state index contributed by atoms with van der Waals surface area (Å²) in [6, 6.07) is 6.33. The number of nitrogens with one attached hydrogen (secondary N) is 1. The van der Waals surface area contributed by atoms with E-state index in [0.29, 0.717) is 36.8 Å². The molecule has 2 aromatic rings. The van der Waals surface area contributed by atoms with Gasteiger partial charge in [0, 0.05) is 11.3 Å². The predicted molar refractivity (Wildman–Crippen MR) is 136 cm³/mol. The van der Waals surface area contributed by atoms with Crippen molar-refractivity contribution >= 4 is 32.2 Å². The maximum atomic E-state index is 13.9. The summed E-state index contributed by atoms with van der Waals surface area (Å²) in [6.07, 6.45) is -1.32. The van der Waals surface area contributed by atoms with E-state index in [1.807, 2.05) is 19.2 Å². The summed E-state index contributed by atoms with van der Waals surface area (Å²) in [5.41, 5.74) is 1.37. The molecule has 7 nitrogen and oxygen atoms in total. The third-order valence-electron chi connectivity index (χ3n) is 7.40. The molecule has 0 radical (unpaired) electrons. The minimum absolute atomic E-state index is 0.0480. The molecular weight excluding hydrogens is 522 g/mol. The fourth-order valence-electron chi connectivity index (χ4n) is 5.00. The Morgan fingerprint density at radius 3 is 2.35 bits per heavy atom. The lowest BCUT2D eigenvalue weighted by atomic mass is 9.87. The van der Waals surface area contributed by atoms with Crippen molar-refractivity contribution in [3.05, 3.63) is 40.9 Å². The molecule has 1 N–H and O–H groups in total. The minimum atomic E-state index is -3.36. The number of amides is 1. The Morgan fingerprint density at radius 2 is 1.76 bits per heavy atom. The molecule has 2 unspecified atom stereocenters. The van der Waals surface area contributed by atoms with Crippen LogP contribution in [0.25, 0.3) is 0 Å². The highest BCUT2D eigenvalue weighted by Gasteiger charge is 2.39. The van der Waals surface area contributed by atoms with Gasteiger partial charge in [0.25, 0.3) is 0 Å². The molecule has 1 amide bonds. The van der Waals surface area contributed by atoms with E-state index in [2.05, 4.69) is 10.3 Å². The number of rotatable bonds is 8. The number of carbonyl (C=O) groups is 1. The molecule has 1 saturated heterocycles. The lowest BCUT2D eigenvalue weighted by Gasteiger charge is -2.34. The van der Waals surface area contributed by atoms with E-state index in [1.54, 1.807) is 12.1 Å². The highest BCUT2D eigenvalue weighted by atomic mass is 32.2. The zero-order valence-electron chi connectivity index (χ0n) is 20.9. The summed E-state index contributed by atoms with van der Waals surface area (Å²) in [6.45, 7) is 4.62. The number of nitrogens with zero attached hydrogens (tertiary/aromatic N) is 1. The van der Waals surface area contributed by atoms with Crippen LogP contribution in [0.2, 0.25) is 0 Å². The van der Waals surface area contributed by atoms with Crippen molar-refractivity contribution in [2.75, 3.05) is 18.5 Å². The van der Waals surface area contributed by atoms with Gasteiger partial charge in [-0.15, -0.1) is 11.3 Å². The molecular formula is C26H32F2N2O5S2. The van der Waals surface area contributed by atoms with Gasteiger partial charge in [-0.05, 0) is 69.6 Å². The third-order valence-corrected chi connectivity index (χ3v) is 10.5. The molecule has 11 heteroatoms. The number of alkyl halides is 2. The standard InChI is InChI=1S/C26H32F2N2O5S2/c1-26(2)34-12-17(13-35-26)23-14-36-25(29-23)30-24(31)20(9-15-10-21(27)22(28)11-15)16-3-5-18(6-4-16)37(32,33)19-7-8-19/h3-6,14-15,17,19-22H,7-13H2,1-2H3,(H,29,30,31)/t15?,20-,21?,22?/m1/s1. The summed E-state index contributed by atoms with van der Waals surface area (Å²) < 4.78 is 64.4. The quantitative estimate of drug-likeness (QED) is 0.485. The average Bonchev–Trinajstić information content (AvgIpc) is 3.55. The van der Waals surface area contributed by atoms with Gasteiger partial charge in [0.1, 0.15) is 12.3 Å². The Hall–Kier alpha value is -1.95. The van der Waals surface area contributed by atoms with Crippen molar-refractivity contribution in [3.63, 3.8) is 0 Å². The number of aromatic nitrogens is 1. The van der Waals surface area contributed by atoms with E-state index in [1.165, 1.54) is 23.5 Å². The number of sulfone groups is 1. The lowest BCUT2D eigenvalue weighted by Crippen LogP contribution is -2.38. The maximum Gasteiger partial charge on any atom is 0.233 e. The predicted octanol–water partition coefficient (Wildman–Crippen LogP) is 5.14. The molecule has 0 bridgehead atoms. The van der Waals surface area contributed by atoms with Crippen LogP contribution in [-0.4, -0.2) is 55.9 Å². The molecule has 202 valence electrons.